The van der Waals surface area contributed by atoms with E-state index in [-0.39, 0.29) is 48.1 Å². The lowest BCUT2D eigenvalue weighted by molar-refractivity contribution is -0.437. The number of carbonyl (C=O) groups excluding carboxylic acids is 2. The fraction of sp³-hybridized carbons (Fsp3) is 0.955. The van der Waals surface area contributed by atoms with Gasteiger partial charge in [-0.1, -0.05) is 48.5 Å². The molecule has 20 atom stereocenters. The zero-order valence-corrected chi connectivity index (χ0v) is 38.6. The number of hydrogen-bond acceptors (Lipinski definition) is 14. The normalized spacial score (nSPS) is 40.7. The highest BCUT2D eigenvalue weighted by atomic mass is 16.7. The lowest BCUT2D eigenvalue weighted by Gasteiger charge is -2.67. The number of fused-ring (bicyclic) bond motifs is 2. The predicted molar refractivity (Wildman–Crippen MR) is 220 cm³/mol. The van der Waals surface area contributed by atoms with Crippen LogP contribution in [0, 0.1) is 35.5 Å². The van der Waals surface area contributed by atoms with Crippen molar-refractivity contribution in [1.82, 2.24) is 9.80 Å². The van der Waals surface area contributed by atoms with Gasteiger partial charge in [0.05, 0.1) is 42.0 Å². The summed E-state index contributed by atoms with van der Waals surface area (Å²) in [5, 5.41) is 24.1. The fourth-order valence-corrected chi connectivity index (χ4v) is 11.2. The van der Waals surface area contributed by atoms with E-state index in [1.165, 1.54) is 6.92 Å². The molecule has 14 heteroatoms. The Hall–Kier alpha value is -1.46. The minimum Gasteiger partial charge on any atom is -0.460 e. The fourth-order valence-electron chi connectivity index (χ4n) is 11.2. The number of ether oxygens (including phenoxy) is 7. The Morgan fingerprint density at radius 2 is 1.64 bits per heavy atom. The third-order valence-corrected chi connectivity index (χ3v) is 14.3. The zero-order chi connectivity index (χ0) is 43.8. The van der Waals surface area contributed by atoms with Crippen LogP contribution in [0.2, 0.25) is 0 Å². The molecular formula is C44H81N3O11. The summed E-state index contributed by atoms with van der Waals surface area (Å²) in [4.78, 5) is 31.0. The van der Waals surface area contributed by atoms with Crippen LogP contribution in [0.5, 0.6) is 0 Å². The second-order valence-electron chi connectivity index (χ2n) is 19.5. The zero-order valence-electron chi connectivity index (χ0n) is 38.6. The van der Waals surface area contributed by atoms with Crippen molar-refractivity contribution >= 4 is 11.9 Å². The SMILES string of the molecule is CCC(OC(=O)C(C)C(C1CC(C)C(OC(C)=O)C(C)O1)C(C)C(OC1OC(C)CC(N(C)C)C1O)C(C)(O)CC(C)CN)C1(C)OC(CC)(N(C)C)C2OC1C2C. The first kappa shape index (κ1) is 49.2. The Morgan fingerprint density at radius 1 is 1.00 bits per heavy atom. The van der Waals surface area contributed by atoms with Crippen molar-refractivity contribution in [2.75, 3.05) is 34.7 Å². The van der Waals surface area contributed by atoms with E-state index in [0.29, 0.717) is 38.6 Å². The molecule has 5 rings (SSSR count). The summed E-state index contributed by atoms with van der Waals surface area (Å²) < 4.78 is 45.8. The van der Waals surface area contributed by atoms with Gasteiger partial charge in [-0.3, -0.25) is 14.5 Å². The average Bonchev–Trinajstić information content (AvgIpc) is 3.13. The number of esters is 2. The highest BCUT2D eigenvalue weighted by Crippen LogP contribution is 2.55. The standard InChI is InChI=1S/C44H81N3O11/c1-17-33(43(12)38-28(8)39(56-38)44(18-2,58-43)47(15)16)55-40(50)27(7)34(32-19-24(4)36(29(9)53-32)54-30(10)48)26(6)37(42(11,51)21-23(3)22-45)57-41-35(49)31(46(13)14)20-25(5)52-41/h23-29,31-39,41,49,51H,17-22,45H2,1-16H3. The van der Waals surface area contributed by atoms with Gasteiger partial charge in [-0.15, -0.1) is 0 Å². The van der Waals surface area contributed by atoms with E-state index in [0.717, 1.165) is 0 Å². The van der Waals surface area contributed by atoms with Gasteiger partial charge < -0.3 is 54.0 Å². The molecule has 5 saturated heterocycles. The number of nitrogens with two attached hydrogens (primary N) is 1. The quantitative estimate of drug-likeness (QED) is 0.167. The largest absolute Gasteiger partial charge is 0.460 e. The number of likely N-dealkylation sites (N-methyl/N-ethyl adjacent to an activating group) is 2. The molecule has 5 aliphatic rings. The number of aliphatic hydroxyl groups is 2. The van der Waals surface area contributed by atoms with Gasteiger partial charge in [-0.2, -0.15) is 0 Å². The van der Waals surface area contributed by atoms with Crippen molar-refractivity contribution in [3.05, 3.63) is 0 Å². The van der Waals surface area contributed by atoms with Gasteiger partial charge in [0.2, 0.25) is 0 Å². The van der Waals surface area contributed by atoms with Crippen molar-refractivity contribution in [2.45, 2.75) is 199 Å². The second-order valence-corrected chi connectivity index (χ2v) is 19.5. The number of carbonyl (C=O) groups is 2. The van der Waals surface area contributed by atoms with E-state index in [1.807, 2.05) is 88.5 Å². The van der Waals surface area contributed by atoms with Crippen LogP contribution in [-0.4, -0.2) is 151 Å². The average molecular weight is 828 g/mol. The summed E-state index contributed by atoms with van der Waals surface area (Å²) in [5.41, 5.74) is 3.03. The molecule has 20 unspecified atom stereocenters. The van der Waals surface area contributed by atoms with Gasteiger partial charge in [-0.25, -0.2) is 0 Å². The molecule has 0 saturated carbocycles. The van der Waals surface area contributed by atoms with E-state index >= 15 is 0 Å². The Morgan fingerprint density at radius 3 is 2.14 bits per heavy atom. The maximum atomic E-state index is 14.9. The molecule has 14 nitrogen and oxygen atoms in total. The lowest BCUT2D eigenvalue weighted by atomic mass is 9.68. The first-order chi connectivity index (χ1) is 26.9. The van der Waals surface area contributed by atoms with E-state index in [1.54, 1.807) is 6.92 Å². The van der Waals surface area contributed by atoms with Crippen LogP contribution in [0.4, 0.5) is 0 Å². The third-order valence-electron chi connectivity index (χ3n) is 14.3. The van der Waals surface area contributed by atoms with Crippen molar-refractivity contribution in [3.8, 4) is 0 Å². The van der Waals surface area contributed by atoms with Crippen LogP contribution in [0.1, 0.15) is 115 Å². The van der Waals surface area contributed by atoms with E-state index in [9.17, 15) is 19.8 Å². The van der Waals surface area contributed by atoms with Crippen molar-refractivity contribution in [1.29, 1.82) is 0 Å². The Balaban J connectivity index is 1.76. The van der Waals surface area contributed by atoms with E-state index in [2.05, 4.69) is 18.7 Å². The van der Waals surface area contributed by atoms with Gasteiger partial charge in [0.15, 0.2) is 6.29 Å². The molecule has 0 amide bonds. The van der Waals surface area contributed by atoms with Crippen molar-refractivity contribution in [2.24, 2.45) is 41.2 Å². The summed E-state index contributed by atoms with van der Waals surface area (Å²) >= 11 is 0. The van der Waals surface area contributed by atoms with Crippen molar-refractivity contribution in [3.63, 3.8) is 0 Å². The predicted octanol–water partition coefficient (Wildman–Crippen LogP) is 4.35. The molecule has 58 heavy (non-hydrogen) atoms. The van der Waals surface area contributed by atoms with Crippen LogP contribution in [-0.2, 0) is 42.7 Å². The number of rotatable bonds is 18. The number of nitrogens with zero attached hydrogens (tertiary/aromatic N) is 2. The maximum Gasteiger partial charge on any atom is 0.309 e. The monoisotopic (exact) mass is 828 g/mol. The molecule has 0 aliphatic carbocycles. The number of aliphatic hydroxyl groups excluding tert-OH is 1. The maximum absolute atomic E-state index is 14.9. The first-order valence-corrected chi connectivity index (χ1v) is 22.0. The molecule has 5 fully saturated rings. The summed E-state index contributed by atoms with van der Waals surface area (Å²) in [6.45, 7) is 23.4. The molecule has 5 aliphatic heterocycles. The molecular weight excluding hydrogens is 746 g/mol. The minimum atomic E-state index is -1.47. The van der Waals surface area contributed by atoms with Crippen LogP contribution in [0.15, 0.2) is 0 Å². The first-order valence-electron chi connectivity index (χ1n) is 22.0. The van der Waals surface area contributed by atoms with Crippen molar-refractivity contribution < 1.29 is 53.0 Å². The second kappa shape index (κ2) is 19.3. The van der Waals surface area contributed by atoms with Crippen LogP contribution in [0.25, 0.3) is 0 Å². The summed E-state index contributed by atoms with van der Waals surface area (Å²) in [6.07, 6.45) is -3.11. The Bertz CT molecular complexity index is 1360. The molecule has 0 aromatic heterocycles. The highest BCUT2D eigenvalue weighted by Gasteiger charge is 2.69. The molecule has 2 bridgehead atoms. The molecule has 4 N–H and O–H groups in total. The van der Waals surface area contributed by atoms with E-state index in [4.69, 9.17) is 38.9 Å². The minimum absolute atomic E-state index is 0.0649. The smallest absolute Gasteiger partial charge is 0.309 e. The van der Waals surface area contributed by atoms with Gasteiger partial charge in [-0.05, 0) is 112 Å². The highest BCUT2D eigenvalue weighted by molar-refractivity contribution is 5.73. The molecule has 0 aromatic carbocycles. The van der Waals surface area contributed by atoms with Crippen LogP contribution >= 0.6 is 0 Å². The number of hydrogen-bond donors (Lipinski definition) is 3. The van der Waals surface area contributed by atoms with Crippen LogP contribution in [0.3, 0.4) is 0 Å². The Kier molecular flexibility index (Phi) is 16.4. The van der Waals surface area contributed by atoms with Gasteiger partial charge in [0.25, 0.3) is 0 Å². The van der Waals surface area contributed by atoms with Gasteiger partial charge in [0, 0.05) is 24.8 Å². The molecule has 338 valence electrons. The molecule has 0 spiro atoms. The summed E-state index contributed by atoms with van der Waals surface area (Å²) in [6, 6.07) is -0.241. The Labute approximate surface area is 349 Å². The molecule has 0 radical (unpaired) electrons. The van der Waals surface area contributed by atoms with E-state index < -0.39 is 83.6 Å². The molecule has 5 heterocycles. The molecule has 0 aromatic rings. The van der Waals surface area contributed by atoms with Gasteiger partial charge in [0.1, 0.15) is 35.7 Å². The van der Waals surface area contributed by atoms with Crippen LogP contribution < -0.4 is 5.73 Å². The lowest BCUT2D eigenvalue weighted by Crippen LogP contribution is -2.81. The summed E-state index contributed by atoms with van der Waals surface area (Å²) in [5.74, 6) is -2.68. The third kappa shape index (κ3) is 9.76. The van der Waals surface area contributed by atoms with Gasteiger partial charge >= 0.3 is 11.9 Å². The topological polar surface area (TPSA) is 172 Å². The summed E-state index contributed by atoms with van der Waals surface area (Å²) in [7, 11) is 7.83.